The monoisotopic (exact) mass is 510 g/mol. The molecule has 0 radical (unpaired) electrons. The molecule has 3 aromatic rings. The van der Waals surface area contributed by atoms with E-state index in [1.807, 2.05) is 78.6 Å². The van der Waals surface area contributed by atoms with Gasteiger partial charge < -0.3 is 14.6 Å². The maximum Gasteiger partial charge on any atom is 0.320 e. The SMILES string of the molecule is COCCOc1cc(C)c(/C=C/c2cccc(-c3ccccc3)c2C#N)cc1CN1CCCC[C@H]1C(=O)O. The van der Waals surface area contributed by atoms with Gasteiger partial charge in [0.25, 0.3) is 0 Å². The molecule has 1 heterocycles. The standard InChI is InChI=1S/C32H34N2O4/c1-23-19-31(38-18-17-37-2)27(22-34-16-7-6-13-30(34)32(35)36)20-26(23)15-14-25-11-8-12-28(29(25)21-33)24-9-4-3-5-10-24/h3-5,8-12,14-15,19-20,30H,6-7,13,16-18,22H2,1-2H3,(H,35,36)/b15-14+/t30-/m0/s1. The molecule has 1 saturated heterocycles. The molecule has 1 atom stereocenters. The fourth-order valence-electron chi connectivity index (χ4n) is 4.97. The maximum atomic E-state index is 11.9. The molecule has 196 valence electrons. The zero-order valence-electron chi connectivity index (χ0n) is 22.0. The zero-order chi connectivity index (χ0) is 26.9. The van der Waals surface area contributed by atoms with Crippen LogP contribution in [-0.4, -0.2) is 48.9 Å². The number of carbonyl (C=O) groups is 1. The van der Waals surface area contributed by atoms with Gasteiger partial charge in [-0.05, 0) is 60.7 Å². The first kappa shape index (κ1) is 27.1. The highest BCUT2D eigenvalue weighted by Gasteiger charge is 2.29. The third kappa shape index (κ3) is 6.49. The van der Waals surface area contributed by atoms with Crippen molar-refractivity contribution in [2.45, 2.75) is 38.8 Å². The quantitative estimate of drug-likeness (QED) is 0.259. The number of nitrogens with zero attached hydrogens (tertiary/aromatic N) is 2. The summed E-state index contributed by atoms with van der Waals surface area (Å²) in [5, 5.41) is 19.7. The minimum atomic E-state index is -0.777. The first-order valence-electron chi connectivity index (χ1n) is 13.0. The summed E-state index contributed by atoms with van der Waals surface area (Å²) in [6, 6.07) is 21.8. The number of methoxy groups -OCH3 is 1. The summed E-state index contributed by atoms with van der Waals surface area (Å²) in [6.45, 7) is 4.15. The second kappa shape index (κ2) is 13.0. The van der Waals surface area contributed by atoms with E-state index in [9.17, 15) is 15.2 Å². The average Bonchev–Trinajstić information content (AvgIpc) is 2.94. The van der Waals surface area contributed by atoms with Crippen LogP contribution in [0.15, 0.2) is 60.7 Å². The van der Waals surface area contributed by atoms with Crippen LogP contribution in [0.3, 0.4) is 0 Å². The summed E-state index contributed by atoms with van der Waals surface area (Å²) in [7, 11) is 1.64. The molecule has 0 aliphatic carbocycles. The molecular formula is C32H34N2O4. The number of ether oxygens (including phenoxy) is 2. The van der Waals surface area contributed by atoms with Crippen LogP contribution >= 0.6 is 0 Å². The van der Waals surface area contributed by atoms with E-state index in [0.29, 0.717) is 31.7 Å². The van der Waals surface area contributed by atoms with E-state index in [2.05, 4.69) is 12.1 Å². The number of piperidine rings is 1. The third-order valence-corrected chi connectivity index (χ3v) is 7.00. The molecule has 0 bridgehead atoms. The lowest BCUT2D eigenvalue weighted by Crippen LogP contribution is -2.44. The molecule has 0 amide bonds. The fourth-order valence-corrected chi connectivity index (χ4v) is 4.97. The van der Waals surface area contributed by atoms with Gasteiger partial charge in [-0.15, -0.1) is 0 Å². The normalized spacial score (nSPS) is 15.9. The number of rotatable bonds is 10. The van der Waals surface area contributed by atoms with Gasteiger partial charge in [0.2, 0.25) is 0 Å². The lowest BCUT2D eigenvalue weighted by Gasteiger charge is -2.33. The highest BCUT2D eigenvalue weighted by molar-refractivity contribution is 5.81. The maximum absolute atomic E-state index is 11.9. The Morgan fingerprint density at radius 2 is 1.87 bits per heavy atom. The predicted molar refractivity (Wildman–Crippen MR) is 150 cm³/mol. The van der Waals surface area contributed by atoms with Gasteiger partial charge in [-0.25, -0.2) is 0 Å². The van der Waals surface area contributed by atoms with Crippen molar-refractivity contribution < 1.29 is 19.4 Å². The largest absolute Gasteiger partial charge is 0.491 e. The minimum Gasteiger partial charge on any atom is -0.491 e. The Morgan fingerprint density at radius 3 is 2.61 bits per heavy atom. The second-order valence-electron chi connectivity index (χ2n) is 9.56. The van der Waals surface area contributed by atoms with Crippen molar-refractivity contribution in [2.75, 3.05) is 26.9 Å². The van der Waals surface area contributed by atoms with Crippen LogP contribution in [0.2, 0.25) is 0 Å². The van der Waals surface area contributed by atoms with Crippen LogP contribution in [0, 0.1) is 18.3 Å². The van der Waals surface area contributed by atoms with Gasteiger partial charge in [0.05, 0.1) is 12.2 Å². The van der Waals surface area contributed by atoms with Crippen molar-refractivity contribution in [3.05, 3.63) is 88.5 Å². The van der Waals surface area contributed by atoms with Crippen molar-refractivity contribution in [3.63, 3.8) is 0 Å². The smallest absolute Gasteiger partial charge is 0.320 e. The molecule has 1 fully saturated rings. The molecule has 0 aromatic heterocycles. The summed E-state index contributed by atoms with van der Waals surface area (Å²) < 4.78 is 11.2. The number of benzene rings is 3. The van der Waals surface area contributed by atoms with Crippen LogP contribution in [0.4, 0.5) is 0 Å². The Labute approximate surface area is 224 Å². The Hall–Kier alpha value is -3.92. The van der Waals surface area contributed by atoms with Crippen molar-refractivity contribution >= 4 is 18.1 Å². The number of aliphatic carboxylic acids is 1. The molecule has 4 rings (SSSR count). The van der Waals surface area contributed by atoms with Gasteiger partial charge in [-0.3, -0.25) is 9.69 Å². The number of nitriles is 1. The van der Waals surface area contributed by atoms with Gasteiger partial charge in [-0.2, -0.15) is 5.26 Å². The Kier molecular flexibility index (Phi) is 9.31. The number of aryl methyl sites for hydroxylation is 1. The Morgan fingerprint density at radius 1 is 1.08 bits per heavy atom. The predicted octanol–water partition coefficient (Wildman–Crippen LogP) is 6.17. The summed E-state index contributed by atoms with van der Waals surface area (Å²) in [4.78, 5) is 13.9. The van der Waals surface area contributed by atoms with E-state index in [-0.39, 0.29) is 0 Å². The molecule has 38 heavy (non-hydrogen) atoms. The van der Waals surface area contributed by atoms with Crippen molar-refractivity contribution in [2.24, 2.45) is 0 Å². The lowest BCUT2D eigenvalue weighted by atomic mass is 9.95. The van der Waals surface area contributed by atoms with Crippen molar-refractivity contribution in [1.82, 2.24) is 4.90 Å². The van der Waals surface area contributed by atoms with Crippen LogP contribution in [-0.2, 0) is 16.1 Å². The highest BCUT2D eigenvalue weighted by Crippen LogP contribution is 2.30. The van der Waals surface area contributed by atoms with E-state index in [1.54, 1.807) is 7.11 Å². The van der Waals surface area contributed by atoms with Crippen LogP contribution in [0.5, 0.6) is 5.75 Å². The summed E-state index contributed by atoms with van der Waals surface area (Å²) in [6.07, 6.45) is 6.56. The van der Waals surface area contributed by atoms with Crippen molar-refractivity contribution in [1.29, 1.82) is 5.26 Å². The Balaban J connectivity index is 1.68. The van der Waals surface area contributed by atoms with E-state index < -0.39 is 12.0 Å². The third-order valence-electron chi connectivity index (χ3n) is 7.00. The first-order chi connectivity index (χ1) is 18.5. The molecule has 1 aliphatic rings. The van der Waals surface area contributed by atoms with E-state index in [1.165, 1.54) is 0 Å². The van der Waals surface area contributed by atoms with Crippen molar-refractivity contribution in [3.8, 4) is 22.9 Å². The summed E-state index contributed by atoms with van der Waals surface area (Å²) in [5.41, 5.74) is 6.35. The number of carboxylic acids is 1. The van der Waals surface area contributed by atoms with E-state index in [4.69, 9.17) is 9.47 Å². The first-order valence-corrected chi connectivity index (χ1v) is 13.0. The van der Waals surface area contributed by atoms with Crippen LogP contribution in [0.1, 0.15) is 47.1 Å². The Bertz CT molecular complexity index is 1330. The molecule has 1 N–H and O–H groups in total. The average molecular weight is 511 g/mol. The molecule has 1 aliphatic heterocycles. The molecule has 6 nitrogen and oxygen atoms in total. The van der Waals surface area contributed by atoms with E-state index >= 15 is 0 Å². The highest BCUT2D eigenvalue weighted by atomic mass is 16.5. The van der Waals surface area contributed by atoms with E-state index in [0.717, 1.165) is 58.5 Å². The molecule has 0 unspecified atom stereocenters. The van der Waals surface area contributed by atoms with Gasteiger partial charge in [0.15, 0.2) is 0 Å². The zero-order valence-corrected chi connectivity index (χ0v) is 22.0. The number of carboxylic acid groups (broad SMARTS) is 1. The van der Waals surface area contributed by atoms with Crippen LogP contribution < -0.4 is 4.74 Å². The van der Waals surface area contributed by atoms with Gasteiger partial charge in [0.1, 0.15) is 24.5 Å². The number of hydrogen-bond acceptors (Lipinski definition) is 5. The topological polar surface area (TPSA) is 82.8 Å². The fraction of sp³-hybridized carbons (Fsp3) is 0.312. The number of hydrogen-bond donors (Lipinski definition) is 1. The summed E-state index contributed by atoms with van der Waals surface area (Å²) >= 11 is 0. The van der Waals surface area contributed by atoms with Gasteiger partial charge in [-0.1, -0.05) is 67.1 Å². The lowest BCUT2D eigenvalue weighted by molar-refractivity contribution is -0.144. The van der Waals surface area contributed by atoms with Gasteiger partial charge in [0, 0.05) is 24.8 Å². The molecular weight excluding hydrogens is 476 g/mol. The minimum absolute atomic E-state index is 0.415. The van der Waals surface area contributed by atoms with Crippen LogP contribution in [0.25, 0.3) is 23.3 Å². The number of likely N-dealkylation sites (tertiary alicyclic amines) is 1. The molecule has 0 saturated carbocycles. The van der Waals surface area contributed by atoms with Gasteiger partial charge >= 0.3 is 5.97 Å². The molecule has 6 heteroatoms. The second-order valence-corrected chi connectivity index (χ2v) is 9.56. The molecule has 3 aromatic carbocycles. The summed E-state index contributed by atoms with van der Waals surface area (Å²) in [5.74, 6) is -0.0312. The molecule has 0 spiro atoms.